The predicted octanol–water partition coefficient (Wildman–Crippen LogP) is 3.08. The van der Waals surface area contributed by atoms with Crippen LogP contribution in [0.1, 0.15) is 22.3 Å². The van der Waals surface area contributed by atoms with Gasteiger partial charge in [-0.25, -0.2) is 9.48 Å². The Balaban J connectivity index is 2.01. The average molecular weight is 364 g/mol. The molecule has 8 heteroatoms. The SMILES string of the molecule is Cc1nn(-c2cccc(Cl)c2)c2sc(C(=O)OC(C)C(N)=O)cc12. The van der Waals surface area contributed by atoms with Crippen LogP contribution in [0.5, 0.6) is 0 Å². The summed E-state index contributed by atoms with van der Waals surface area (Å²) in [7, 11) is 0. The Morgan fingerprint density at radius 1 is 1.38 bits per heavy atom. The Bertz CT molecular complexity index is 947. The minimum absolute atomic E-state index is 0.384. The standard InChI is InChI=1S/C16H14ClN3O3S/c1-8-12-7-13(16(22)23-9(2)14(18)21)24-15(12)20(19-8)11-5-3-4-10(17)6-11/h3-7,9H,1-2H3,(H2,18,21). The minimum Gasteiger partial charge on any atom is -0.448 e. The maximum absolute atomic E-state index is 12.2. The Hall–Kier alpha value is -2.38. The number of hydrogen-bond donors (Lipinski definition) is 1. The van der Waals surface area contributed by atoms with Crippen molar-refractivity contribution in [1.29, 1.82) is 0 Å². The number of amides is 1. The largest absolute Gasteiger partial charge is 0.448 e. The van der Waals surface area contributed by atoms with Crippen molar-refractivity contribution in [3.63, 3.8) is 0 Å². The van der Waals surface area contributed by atoms with E-state index in [9.17, 15) is 9.59 Å². The quantitative estimate of drug-likeness (QED) is 0.721. The number of nitrogens with two attached hydrogens (primary N) is 1. The van der Waals surface area contributed by atoms with Gasteiger partial charge in [0.15, 0.2) is 6.10 Å². The summed E-state index contributed by atoms with van der Waals surface area (Å²) in [5.74, 6) is -1.27. The lowest BCUT2D eigenvalue weighted by molar-refractivity contribution is -0.125. The number of aryl methyl sites for hydroxylation is 1. The van der Waals surface area contributed by atoms with Crippen molar-refractivity contribution < 1.29 is 14.3 Å². The number of hydrogen-bond acceptors (Lipinski definition) is 5. The summed E-state index contributed by atoms with van der Waals surface area (Å²) in [6.07, 6.45) is -0.978. The summed E-state index contributed by atoms with van der Waals surface area (Å²) in [5.41, 5.74) is 6.70. The van der Waals surface area contributed by atoms with Crippen LogP contribution >= 0.6 is 22.9 Å². The van der Waals surface area contributed by atoms with E-state index in [1.54, 1.807) is 22.9 Å². The molecule has 6 nitrogen and oxygen atoms in total. The first kappa shape index (κ1) is 16.5. The summed E-state index contributed by atoms with van der Waals surface area (Å²) in [6, 6.07) is 8.99. The fraction of sp³-hybridized carbons (Fsp3) is 0.188. The second kappa shape index (κ2) is 6.26. The van der Waals surface area contributed by atoms with Crippen LogP contribution in [-0.4, -0.2) is 27.8 Å². The molecule has 3 rings (SSSR count). The minimum atomic E-state index is -0.978. The van der Waals surface area contributed by atoms with Crippen LogP contribution in [0, 0.1) is 6.92 Å². The molecule has 0 fully saturated rings. The fourth-order valence-corrected chi connectivity index (χ4v) is 3.46. The van der Waals surface area contributed by atoms with Gasteiger partial charge in [0.25, 0.3) is 5.91 Å². The van der Waals surface area contributed by atoms with E-state index in [2.05, 4.69) is 5.10 Å². The number of nitrogens with zero attached hydrogens (tertiary/aromatic N) is 2. The molecular formula is C16H14ClN3O3S. The van der Waals surface area contributed by atoms with Gasteiger partial charge in [0.2, 0.25) is 0 Å². The summed E-state index contributed by atoms with van der Waals surface area (Å²) in [4.78, 5) is 24.4. The first-order valence-corrected chi connectivity index (χ1v) is 8.31. The van der Waals surface area contributed by atoms with Crippen LogP contribution in [0.4, 0.5) is 0 Å². The molecule has 0 radical (unpaired) electrons. The van der Waals surface area contributed by atoms with Gasteiger partial charge in [0.05, 0.1) is 11.4 Å². The van der Waals surface area contributed by atoms with Crippen LogP contribution in [0.3, 0.4) is 0 Å². The van der Waals surface area contributed by atoms with E-state index in [1.807, 2.05) is 19.1 Å². The average Bonchev–Trinajstić information content (AvgIpc) is 3.08. The predicted molar refractivity (Wildman–Crippen MR) is 92.8 cm³/mol. The highest BCUT2D eigenvalue weighted by molar-refractivity contribution is 7.20. The number of esters is 1. The number of carbonyl (C=O) groups excluding carboxylic acids is 2. The number of primary amides is 1. The van der Waals surface area contributed by atoms with Crippen molar-refractivity contribution in [3.05, 3.63) is 45.9 Å². The molecule has 0 spiro atoms. The van der Waals surface area contributed by atoms with Gasteiger partial charge in [-0.05, 0) is 38.1 Å². The molecule has 2 aromatic heterocycles. The zero-order chi connectivity index (χ0) is 17.4. The maximum atomic E-state index is 12.2. The molecule has 1 amide bonds. The first-order chi connectivity index (χ1) is 11.4. The van der Waals surface area contributed by atoms with Gasteiger partial charge >= 0.3 is 5.97 Å². The van der Waals surface area contributed by atoms with Crippen molar-refractivity contribution in [1.82, 2.24) is 9.78 Å². The summed E-state index contributed by atoms with van der Waals surface area (Å²) < 4.78 is 6.78. The maximum Gasteiger partial charge on any atom is 0.349 e. The molecule has 1 aromatic carbocycles. The van der Waals surface area contributed by atoms with Crippen LogP contribution < -0.4 is 5.73 Å². The molecule has 0 saturated heterocycles. The normalized spacial score (nSPS) is 12.3. The second-order valence-electron chi connectivity index (χ2n) is 5.26. The van der Waals surface area contributed by atoms with E-state index in [-0.39, 0.29) is 0 Å². The second-order valence-corrected chi connectivity index (χ2v) is 6.72. The molecule has 0 bridgehead atoms. The van der Waals surface area contributed by atoms with Gasteiger partial charge < -0.3 is 10.5 Å². The van der Waals surface area contributed by atoms with Crippen molar-refractivity contribution >= 4 is 45.0 Å². The number of rotatable bonds is 4. The van der Waals surface area contributed by atoms with Crippen molar-refractivity contribution in [2.75, 3.05) is 0 Å². The number of aromatic nitrogens is 2. The topological polar surface area (TPSA) is 87.2 Å². The van der Waals surface area contributed by atoms with Gasteiger partial charge in [-0.1, -0.05) is 17.7 Å². The molecule has 24 heavy (non-hydrogen) atoms. The van der Waals surface area contributed by atoms with Crippen LogP contribution in [0.2, 0.25) is 5.02 Å². The molecule has 0 saturated carbocycles. The molecule has 1 unspecified atom stereocenters. The zero-order valence-electron chi connectivity index (χ0n) is 12.9. The lowest BCUT2D eigenvalue weighted by atomic mass is 10.3. The third kappa shape index (κ3) is 3.00. The fourth-order valence-electron chi connectivity index (χ4n) is 2.21. The number of halogens is 1. The molecule has 0 aliphatic rings. The third-order valence-electron chi connectivity index (χ3n) is 3.48. The molecule has 0 aliphatic carbocycles. The lowest BCUT2D eigenvalue weighted by Gasteiger charge is -2.07. The molecular weight excluding hydrogens is 350 g/mol. The third-order valence-corrected chi connectivity index (χ3v) is 4.81. The highest BCUT2D eigenvalue weighted by atomic mass is 35.5. The van der Waals surface area contributed by atoms with E-state index >= 15 is 0 Å². The van der Waals surface area contributed by atoms with Crippen LogP contribution in [0.25, 0.3) is 15.9 Å². The van der Waals surface area contributed by atoms with Crippen LogP contribution in [-0.2, 0) is 9.53 Å². The Morgan fingerprint density at radius 2 is 2.12 bits per heavy atom. The molecule has 2 N–H and O–H groups in total. The van der Waals surface area contributed by atoms with Crippen molar-refractivity contribution in [3.8, 4) is 5.69 Å². The smallest absolute Gasteiger partial charge is 0.349 e. The van der Waals surface area contributed by atoms with Gasteiger partial charge in [-0.3, -0.25) is 4.79 Å². The highest BCUT2D eigenvalue weighted by Crippen LogP contribution is 2.31. The Labute approximate surface area is 146 Å². The molecule has 0 aliphatic heterocycles. The van der Waals surface area contributed by atoms with E-state index in [0.29, 0.717) is 9.90 Å². The first-order valence-electron chi connectivity index (χ1n) is 7.12. The van der Waals surface area contributed by atoms with E-state index < -0.39 is 18.0 Å². The summed E-state index contributed by atoms with van der Waals surface area (Å²) in [6.45, 7) is 3.30. The Morgan fingerprint density at radius 3 is 2.79 bits per heavy atom. The number of carbonyl (C=O) groups is 2. The summed E-state index contributed by atoms with van der Waals surface area (Å²) >= 11 is 7.28. The molecule has 1 atom stereocenters. The van der Waals surface area contributed by atoms with Crippen LogP contribution in [0.15, 0.2) is 30.3 Å². The molecule has 124 valence electrons. The lowest BCUT2D eigenvalue weighted by Crippen LogP contribution is -2.30. The number of ether oxygens (including phenoxy) is 1. The molecule has 3 aromatic rings. The number of fused-ring (bicyclic) bond motifs is 1. The monoisotopic (exact) mass is 363 g/mol. The van der Waals surface area contributed by atoms with Crippen molar-refractivity contribution in [2.24, 2.45) is 5.73 Å². The Kier molecular flexibility index (Phi) is 4.29. The summed E-state index contributed by atoms with van der Waals surface area (Å²) in [5, 5.41) is 5.94. The van der Waals surface area contributed by atoms with Crippen molar-refractivity contribution in [2.45, 2.75) is 20.0 Å². The van der Waals surface area contributed by atoms with Gasteiger partial charge in [-0.2, -0.15) is 5.10 Å². The highest BCUT2D eigenvalue weighted by Gasteiger charge is 2.21. The van der Waals surface area contributed by atoms with E-state index in [0.717, 1.165) is 21.6 Å². The number of benzene rings is 1. The van der Waals surface area contributed by atoms with E-state index in [1.165, 1.54) is 18.3 Å². The van der Waals surface area contributed by atoms with Gasteiger partial charge in [0.1, 0.15) is 9.71 Å². The van der Waals surface area contributed by atoms with E-state index in [4.69, 9.17) is 22.1 Å². The molecule has 2 heterocycles. The zero-order valence-corrected chi connectivity index (χ0v) is 14.5. The van der Waals surface area contributed by atoms with Gasteiger partial charge in [-0.15, -0.1) is 11.3 Å². The van der Waals surface area contributed by atoms with Gasteiger partial charge in [0, 0.05) is 10.4 Å². The number of thiophene rings is 1.